The van der Waals surface area contributed by atoms with Crippen LogP contribution < -0.4 is 9.64 Å². The molecule has 5 nitrogen and oxygen atoms in total. The molecule has 0 aliphatic heterocycles. The molecule has 1 rings (SSSR count). The van der Waals surface area contributed by atoms with Crippen molar-refractivity contribution < 1.29 is 20.1 Å². The Morgan fingerprint density at radius 2 is 1.47 bits per heavy atom. The molecule has 0 atom stereocenters. The zero-order valence-electron chi connectivity index (χ0n) is 9.75. The molecular formula is C12H19NO4. The smallest absolute Gasteiger partial charge is 0.119 e. The second-order valence-electron chi connectivity index (χ2n) is 3.50. The van der Waals surface area contributed by atoms with Gasteiger partial charge in [0.15, 0.2) is 0 Å². The van der Waals surface area contributed by atoms with E-state index in [1.807, 2.05) is 17.0 Å². The molecule has 0 saturated carbocycles. The van der Waals surface area contributed by atoms with Gasteiger partial charge in [-0.25, -0.2) is 0 Å². The SMILES string of the molecule is OCCOc1ccc(N(CCO)CCO)cc1. The summed E-state index contributed by atoms with van der Waals surface area (Å²) in [6, 6.07) is 7.32. The highest BCUT2D eigenvalue weighted by Gasteiger charge is 2.05. The van der Waals surface area contributed by atoms with Crippen molar-refractivity contribution in [1.29, 1.82) is 0 Å². The molecule has 1 aromatic carbocycles. The van der Waals surface area contributed by atoms with E-state index in [0.717, 1.165) is 5.69 Å². The van der Waals surface area contributed by atoms with Gasteiger partial charge in [0.2, 0.25) is 0 Å². The third-order valence-electron chi connectivity index (χ3n) is 2.30. The highest BCUT2D eigenvalue weighted by molar-refractivity contribution is 5.49. The molecule has 96 valence electrons. The van der Waals surface area contributed by atoms with Crippen molar-refractivity contribution in [3.05, 3.63) is 24.3 Å². The molecule has 0 bridgehead atoms. The second kappa shape index (κ2) is 7.89. The quantitative estimate of drug-likeness (QED) is 0.590. The van der Waals surface area contributed by atoms with Crippen molar-refractivity contribution in [2.75, 3.05) is 44.4 Å². The summed E-state index contributed by atoms with van der Waals surface area (Å²) in [6.45, 7) is 1.32. The van der Waals surface area contributed by atoms with Gasteiger partial charge in [-0.1, -0.05) is 0 Å². The van der Waals surface area contributed by atoms with Crippen LogP contribution in [0.1, 0.15) is 0 Å². The summed E-state index contributed by atoms with van der Waals surface area (Å²) >= 11 is 0. The van der Waals surface area contributed by atoms with Crippen LogP contribution in [-0.4, -0.2) is 54.8 Å². The van der Waals surface area contributed by atoms with Crippen LogP contribution >= 0.6 is 0 Å². The van der Waals surface area contributed by atoms with Crippen LogP contribution in [0.4, 0.5) is 5.69 Å². The standard InChI is InChI=1S/C12H19NO4/c14-7-5-13(6-8-15)11-1-3-12(4-2-11)17-10-9-16/h1-4,14-16H,5-10H2. The zero-order valence-corrected chi connectivity index (χ0v) is 9.75. The van der Waals surface area contributed by atoms with E-state index in [1.165, 1.54) is 0 Å². The Labute approximate surface area is 101 Å². The summed E-state index contributed by atoms with van der Waals surface area (Å²) in [7, 11) is 0. The summed E-state index contributed by atoms with van der Waals surface area (Å²) in [5.41, 5.74) is 0.921. The fourth-order valence-electron chi connectivity index (χ4n) is 1.53. The lowest BCUT2D eigenvalue weighted by atomic mass is 10.2. The Kier molecular flexibility index (Phi) is 6.39. The van der Waals surface area contributed by atoms with Crippen molar-refractivity contribution in [3.63, 3.8) is 0 Å². The maximum atomic E-state index is 8.92. The minimum Gasteiger partial charge on any atom is -0.491 e. The van der Waals surface area contributed by atoms with Crippen LogP contribution in [0.25, 0.3) is 0 Å². The van der Waals surface area contributed by atoms with Crippen molar-refractivity contribution in [2.45, 2.75) is 0 Å². The van der Waals surface area contributed by atoms with E-state index in [4.69, 9.17) is 20.1 Å². The Morgan fingerprint density at radius 1 is 0.882 bits per heavy atom. The molecule has 0 saturated heterocycles. The van der Waals surface area contributed by atoms with Gasteiger partial charge < -0.3 is 25.0 Å². The Hall–Kier alpha value is -1.30. The lowest BCUT2D eigenvalue weighted by Gasteiger charge is -2.23. The second-order valence-corrected chi connectivity index (χ2v) is 3.50. The highest BCUT2D eigenvalue weighted by atomic mass is 16.5. The van der Waals surface area contributed by atoms with Gasteiger partial charge >= 0.3 is 0 Å². The van der Waals surface area contributed by atoms with Crippen molar-refractivity contribution in [2.24, 2.45) is 0 Å². The lowest BCUT2D eigenvalue weighted by Crippen LogP contribution is -2.29. The van der Waals surface area contributed by atoms with E-state index < -0.39 is 0 Å². The zero-order chi connectivity index (χ0) is 12.5. The van der Waals surface area contributed by atoms with Crippen molar-refractivity contribution in [1.82, 2.24) is 0 Å². The molecule has 0 aliphatic rings. The number of aliphatic hydroxyl groups excluding tert-OH is 3. The predicted molar refractivity (Wildman–Crippen MR) is 65.4 cm³/mol. The van der Waals surface area contributed by atoms with Gasteiger partial charge in [-0.15, -0.1) is 0 Å². The summed E-state index contributed by atoms with van der Waals surface area (Å²) in [4.78, 5) is 1.88. The lowest BCUT2D eigenvalue weighted by molar-refractivity contribution is 0.201. The first-order valence-corrected chi connectivity index (χ1v) is 5.62. The van der Waals surface area contributed by atoms with E-state index in [0.29, 0.717) is 18.8 Å². The number of hydrogen-bond donors (Lipinski definition) is 3. The van der Waals surface area contributed by atoms with Crippen LogP contribution in [-0.2, 0) is 0 Å². The van der Waals surface area contributed by atoms with Crippen molar-refractivity contribution in [3.8, 4) is 5.75 Å². The van der Waals surface area contributed by atoms with Crippen LogP contribution in [0, 0.1) is 0 Å². The topological polar surface area (TPSA) is 73.2 Å². The van der Waals surface area contributed by atoms with Crippen LogP contribution in [0.2, 0.25) is 0 Å². The van der Waals surface area contributed by atoms with Gasteiger partial charge in [0.1, 0.15) is 12.4 Å². The molecule has 0 amide bonds. The average Bonchev–Trinajstić information content (AvgIpc) is 2.37. The number of rotatable bonds is 8. The molecule has 0 spiro atoms. The van der Waals surface area contributed by atoms with E-state index in [1.54, 1.807) is 12.1 Å². The van der Waals surface area contributed by atoms with Gasteiger partial charge in [0, 0.05) is 18.8 Å². The number of benzene rings is 1. The van der Waals surface area contributed by atoms with E-state index in [2.05, 4.69) is 0 Å². The number of hydrogen-bond acceptors (Lipinski definition) is 5. The molecular weight excluding hydrogens is 222 g/mol. The number of ether oxygens (including phenoxy) is 1. The molecule has 0 unspecified atom stereocenters. The van der Waals surface area contributed by atoms with Gasteiger partial charge in [-0.3, -0.25) is 0 Å². The van der Waals surface area contributed by atoms with Crippen LogP contribution in [0.15, 0.2) is 24.3 Å². The average molecular weight is 241 g/mol. The number of nitrogens with zero attached hydrogens (tertiary/aromatic N) is 1. The molecule has 5 heteroatoms. The first-order chi connectivity index (χ1) is 8.31. The Balaban J connectivity index is 2.63. The summed E-state index contributed by atoms with van der Waals surface area (Å²) in [5.74, 6) is 0.691. The molecule has 1 aromatic rings. The summed E-state index contributed by atoms with van der Waals surface area (Å²) in [6.07, 6.45) is 0. The monoisotopic (exact) mass is 241 g/mol. The molecule has 0 radical (unpaired) electrons. The summed E-state index contributed by atoms with van der Waals surface area (Å²) < 4.78 is 5.24. The van der Waals surface area contributed by atoms with Crippen molar-refractivity contribution >= 4 is 5.69 Å². The van der Waals surface area contributed by atoms with E-state index in [-0.39, 0.29) is 26.4 Å². The third kappa shape index (κ3) is 4.60. The van der Waals surface area contributed by atoms with Crippen LogP contribution in [0.3, 0.4) is 0 Å². The molecule has 0 aliphatic carbocycles. The van der Waals surface area contributed by atoms with Crippen LogP contribution in [0.5, 0.6) is 5.75 Å². The van der Waals surface area contributed by atoms with Gasteiger partial charge in [0.25, 0.3) is 0 Å². The summed E-state index contributed by atoms with van der Waals surface area (Å²) in [5, 5.41) is 26.5. The molecule has 3 N–H and O–H groups in total. The fourth-order valence-corrected chi connectivity index (χ4v) is 1.53. The van der Waals surface area contributed by atoms with Gasteiger partial charge in [-0.05, 0) is 24.3 Å². The highest BCUT2D eigenvalue weighted by Crippen LogP contribution is 2.19. The van der Waals surface area contributed by atoms with Gasteiger partial charge in [0.05, 0.1) is 19.8 Å². The normalized spacial score (nSPS) is 10.3. The largest absolute Gasteiger partial charge is 0.491 e. The Morgan fingerprint density at radius 3 is 1.94 bits per heavy atom. The molecule has 0 aromatic heterocycles. The van der Waals surface area contributed by atoms with E-state index in [9.17, 15) is 0 Å². The number of aliphatic hydroxyl groups is 3. The molecule has 17 heavy (non-hydrogen) atoms. The minimum atomic E-state index is -0.0110. The van der Waals surface area contributed by atoms with E-state index >= 15 is 0 Å². The number of anilines is 1. The molecule has 0 fully saturated rings. The maximum absolute atomic E-state index is 8.92. The first-order valence-electron chi connectivity index (χ1n) is 5.62. The Bertz CT molecular complexity index is 296. The fraction of sp³-hybridized carbons (Fsp3) is 0.500. The maximum Gasteiger partial charge on any atom is 0.119 e. The minimum absolute atomic E-state index is 0.0110. The first kappa shape index (κ1) is 13.8. The molecule has 0 heterocycles. The van der Waals surface area contributed by atoms with Gasteiger partial charge in [-0.2, -0.15) is 0 Å². The third-order valence-corrected chi connectivity index (χ3v) is 2.30. The predicted octanol–water partition coefficient (Wildman–Crippen LogP) is -0.151.